The van der Waals surface area contributed by atoms with Crippen molar-refractivity contribution in [1.29, 1.82) is 0 Å². The first-order valence-electron chi connectivity index (χ1n) is 8.86. The molecule has 7 heteroatoms. The molecule has 158 valence electrons. The number of carbonyl (C=O) groups excluding carboxylic acids is 1. The fraction of sp³-hybridized carbons (Fsp3) is 0.174. The number of benzene rings is 2. The van der Waals surface area contributed by atoms with Crippen LogP contribution in [0.3, 0.4) is 0 Å². The van der Waals surface area contributed by atoms with Crippen molar-refractivity contribution in [3.8, 4) is 23.0 Å². The first kappa shape index (κ1) is 22.5. The van der Waals surface area contributed by atoms with Crippen LogP contribution in [0.2, 0.25) is 0 Å². The summed E-state index contributed by atoms with van der Waals surface area (Å²) in [6, 6.07) is 10.0. The van der Waals surface area contributed by atoms with Gasteiger partial charge in [-0.2, -0.15) is 4.39 Å². The summed E-state index contributed by atoms with van der Waals surface area (Å²) in [7, 11) is 6.00. The molecule has 30 heavy (non-hydrogen) atoms. The maximum atomic E-state index is 14.2. The number of halogens is 1. The van der Waals surface area contributed by atoms with Gasteiger partial charge in [-0.3, -0.25) is 4.79 Å². The maximum absolute atomic E-state index is 14.2. The van der Waals surface area contributed by atoms with E-state index in [9.17, 15) is 14.3 Å². The Hall–Kier alpha value is -3.74. The van der Waals surface area contributed by atoms with Crippen molar-refractivity contribution in [3.63, 3.8) is 0 Å². The van der Waals surface area contributed by atoms with Crippen LogP contribution >= 0.6 is 0 Å². The molecule has 0 fully saturated rings. The lowest BCUT2D eigenvalue weighted by atomic mass is 10.1. The normalized spacial score (nSPS) is 12.0. The molecule has 6 nitrogen and oxygen atoms in total. The number of hydrogen-bond donors (Lipinski definition) is 1. The number of ketones is 1. The van der Waals surface area contributed by atoms with Crippen molar-refractivity contribution in [2.75, 3.05) is 28.4 Å². The van der Waals surface area contributed by atoms with Crippen molar-refractivity contribution in [2.24, 2.45) is 0 Å². The zero-order valence-corrected chi connectivity index (χ0v) is 17.1. The number of ether oxygens (including phenoxy) is 4. The summed E-state index contributed by atoms with van der Waals surface area (Å²) >= 11 is 0. The first-order chi connectivity index (χ1) is 14.4. The van der Waals surface area contributed by atoms with Crippen LogP contribution in [0, 0.1) is 0 Å². The Labute approximate surface area is 174 Å². The molecule has 2 rings (SSSR count). The Bertz CT molecular complexity index is 991. The summed E-state index contributed by atoms with van der Waals surface area (Å²) in [5.74, 6) is -1.00. The molecule has 0 aliphatic heterocycles. The number of carbonyl (C=O) groups is 1. The van der Waals surface area contributed by atoms with Crippen molar-refractivity contribution in [2.45, 2.75) is 0 Å². The highest BCUT2D eigenvalue weighted by Gasteiger charge is 2.11. The predicted molar refractivity (Wildman–Crippen MR) is 113 cm³/mol. The van der Waals surface area contributed by atoms with Gasteiger partial charge in [-0.1, -0.05) is 24.3 Å². The van der Waals surface area contributed by atoms with Crippen LogP contribution in [-0.2, 0) is 4.79 Å². The van der Waals surface area contributed by atoms with Crippen LogP contribution in [0.5, 0.6) is 23.0 Å². The van der Waals surface area contributed by atoms with Crippen molar-refractivity contribution in [1.82, 2.24) is 0 Å². The SMILES string of the molecule is COc1ccc(/C=C/C(=O)C(F)=C(O)/C=C/c2ccc(OC)c(OC)c2)cc1OC. The van der Waals surface area contributed by atoms with Gasteiger partial charge in [0.2, 0.25) is 11.6 Å². The molecule has 1 N–H and O–H groups in total. The molecule has 0 saturated heterocycles. The molecule has 0 bridgehead atoms. The molecule has 0 aliphatic rings. The summed E-state index contributed by atoms with van der Waals surface area (Å²) in [6.07, 6.45) is 4.98. The van der Waals surface area contributed by atoms with E-state index in [4.69, 9.17) is 18.9 Å². The van der Waals surface area contributed by atoms with Gasteiger partial charge in [0.1, 0.15) is 0 Å². The summed E-state index contributed by atoms with van der Waals surface area (Å²) in [5.41, 5.74) is 1.23. The Morgan fingerprint density at radius 1 is 0.767 bits per heavy atom. The topological polar surface area (TPSA) is 74.2 Å². The van der Waals surface area contributed by atoms with Gasteiger partial charge >= 0.3 is 0 Å². The van der Waals surface area contributed by atoms with Gasteiger partial charge in [0.05, 0.1) is 28.4 Å². The monoisotopic (exact) mass is 414 g/mol. The zero-order valence-electron chi connectivity index (χ0n) is 17.1. The van der Waals surface area contributed by atoms with Crippen molar-refractivity contribution < 1.29 is 33.2 Å². The number of methoxy groups -OCH3 is 4. The van der Waals surface area contributed by atoms with Gasteiger partial charge in [0.15, 0.2) is 28.8 Å². The molecular weight excluding hydrogens is 391 g/mol. The number of hydrogen-bond acceptors (Lipinski definition) is 6. The van der Waals surface area contributed by atoms with Crippen LogP contribution in [0.4, 0.5) is 4.39 Å². The fourth-order valence-electron chi connectivity index (χ4n) is 2.53. The lowest BCUT2D eigenvalue weighted by molar-refractivity contribution is -0.112. The quantitative estimate of drug-likeness (QED) is 0.362. The first-order valence-corrected chi connectivity index (χ1v) is 8.86. The molecule has 2 aromatic carbocycles. The minimum absolute atomic E-state index is 0.476. The van der Waals surface area contributed by atoms with Crippen LogP contribution in [0.25, 0.3) is 12.2 Å². The van der Waals surface area contributed by atoms with Gasteiger partial charge in [-0.25, -0.2) is 0 Å². The highest BCUT2D eigenvalue weighted by atomic mass is 19.1. The molecule has 0 unspecified atom stereocenters. The molecule has 0 aliphatic carbocycles. The number of allylic oxidation sites excluding steroid dienone is 3. The minimum Gasteiger partial charge on any atom is -0.505 e. The Morgan fingerprint density at radius 3 is 1.63 bits per heavy atom. The van der Waals surface area contributed by atoms with Gasteiger partial charge in [-0.15, -0.1) is 0 Å². The molecule has 0 heterocycles. The molecule has 0 saturated carbocycles. The predicted octanol–water partition coefficient (Wildman–Crippen LogP) is 4.76. The van der Waals surface area contributed by atoms with E-state index in [2.05, 4.69) is 0 Å². The van der Waals surface area contributed by atoms with E-state index in [-0.39, 0.29) is 0 Å². The molecule has 0 spiro atoms. The average Bonchev–Trinajstić information content (AvgIpc) is 2.79. The fourth-order valence-corrected chi connectivity index (χ4v) is 2.53. The second-order valence-corrected chi connectivity index (χ2v) is 5.96. The van der Waals surface area contributed by atoms with Crippen LogP contribution in [0.1, 0.15) is 11.1 Å². The number of aliphatic hydroxyl groups excluding tert-OH is 1. The zero-order chi connectivity index (χ0) is 22.1. The van der Waals surface area contributed by atoms with E-state index in [0.717, 1.165) is 12.2 Å². The van der Waals surface area contributed by atoms with Gasteiger partial charge in [0, 0.05) is 0 Å². The second-order valence-electron chi connectivity index (χ2n) is 5.96. The largest absolute Gasteiger partial charge is 0.505 e. The third kappa shape index (κ3) is 5.64. The third-order valence-corrected chi connectivity index (χ3v) is 4.12. The van der Waals surface area contributed by atoms with Crippen LogP contribution in [-0.4, -0.2) is 39.3 Å². The van der Waals surface area contributed by atoms with Crippen molar-refractivity contribution >= 4 is 17.9 Å². The smallest absolute Gasteiger partial charge is 0.218 e. The summed E-state index contributed by atoms with van der Waals surface area (Å²) in [6.45, 7) is 0. The van der Waals surface area contributed by atoms with Crippen molar-refractivity contribution in [3.05, 3.63) is 71.3 Å². The van der Waals surface area contributed by atoms with E-state index in [0.29, 0.717) is 34.1 Å². The Morgan fingerprint density at radius 2 is 1.20 bits per heavy atom. The summed E-state index contributed by atoms with van der Waals surface area (Å²) in [5, 5.41) is 9.89. The van der Waals surface area contributed by atoms with Gasteiger partial charge < -0.3 is 24.1 Å². The maximum Gasteiger partial charge on any atom is 0.218 e. The number of rotatable bonds is 9. The van der Waals surface area contributed by atoms with E-state index in [1.807, 2.05) is 0 Å². The van der Waals surface area contributed by atoms with Crippen LogP contribution in [0.15, 0.2) is 60.1 Å². The van der Waals surface area contributed by atoms with E-state index < -0.39 is 17.4 Å². The highest BCUT2D eigenvalue weighted by molar-refractivity contribution is 6.05. The molecule has 0 radical (unpaired) electrons. The minimum atomic E-state index is -1.27. The molecule has 0 amide bonds. The summed E-state index contributed by atoms with van der Waals surface area (Å²) in [4.78, 5) is 12.0. The van der Waals surface area contributed by atoms with E-state index in [1.54, 1.807) is 36.4 Å². The van der Waals surface area contributed by atoms with E-state index in [1.165, 1.54) is 40.6 Å². The average molecular weight is 414 g/mol. The van der Waals surface area contributed by atoms with Gasteiger partial charge in [0.25, 0.3) is 0 Å². The lowest BCUT2D eigenvalue weighted by Gasteiger charge is -2.07. The van der Waals surface area contributed by atoms with Gasteiger partial charge in [-0.05, 0) is 47.5 Å². The Kier molecular flexibility index (Phi) is 8.05. The molecular formula is C23H23FO6. The standard InChI is InChI=1S/C23H23FO6/c1-27-19-11-7-15(13-21(19)29-3)5-9-17(25)23(24)18(26)10-6-16-8-12-20(28-2)22(14-16)30-4/h5-14,25H,1-4H3/b9-5+,10-6+,23-17?. The van der Waals surface area contributed by atoms with E-state index >= 15 is 0 Å². The van der Waals surface area contributed by atoms with Crippen LogP contribution < -0.4 is 18.9 Å². The molecule has 0 aromatic heterocycles. The third-order valence-electron chi connectivity index (χ3n) is 4.12. The molecule has 0 atom stereocenters. The highest BCUT2D eigenvalue weighted by Crippen LogP contribution is 2.29. The second kappa shape index (κ2) is 10.7. The number of aliphatic hydroxyl groups is 1. The Balaban J connectivity index is 2.15. The summed E-state index contributed by atoms with van der Waals surface area (Å²) < 4.78 is 34.9. The lowest BCUT2D eigenvalue weighted by Crippen LogP contribution is -1.97. The molecule has 2 aromatic rings.